The molecule has 0 saturated carbocycles. The van der Waals surface area contributed by atoms with E-state index in [0.29, 0.717) is 0 Å². The molecule has 1 atom stereocenters. The molecule has 106 valence electrons. The monoisotopic (exact) mass is 290 g/mol. The molecule has 7 heteroatoms. The van der Waals surface area contributed by atoms with Gasteiger partial charge in [-0.2, -0.15) is 0 Å². The van der Waals surface area contributed by atoms with E-state index in [-0.39, 0.29) is 17.4 Å². The van der Waals surface area contributed by atoms with Crippen LogP contribution in [0.5, 0.6) is 0 Å². The topological polar surface area (TPSA) is 58.2 Å². The Hall–Kier alpha value is -1.21. The van der Waals surface area contributed by atoms with Crippen molar-refractivity contribution >= 4 is 15.7 Å². The standard InChI is InChI=1S/C12H16F2N2O2S/c1-8-4-5-10(13)12(11(8)14)16-19(17,18)7-9-3-2-6-15-9/h4-5,9,15-16H,2-3,6-7H2,1H3. The Morgan fingerprint density at radius 2 is 2.16 bits per heavy atom. The van der Waals surface area contributed by atoms with Crippen LogP contribution >= 0.6 is 0 Å². The van der Waals surface area contributed by atoms with Crippen LogP contribution in [-0.4, -0.2) is 26.8 Å². The van der Waals surface area contributed by atoms with E-state index in [1.807, 2.05) is 4.72 Å². The average molecular weight is 290 g/mol. The van der Waals surface area contributed by atoms with Gasteiger partial charge in [0.2, 0.25) is 10.0 Å². The maximum Gasteiger partial charge on any atom is 0.234 e. The Labute approximate surface area is 111 Å². The molecule has 1 unspecified atom stereocenters. The van der Waals surface area contributed by atoms with Crippen molar-refractivity contribution in [3.05, 3.63) is 29.3 Å². The first-order valence-corrected chi connectivity index (χ1v) is 7.73. The van der Waals surface area contributed by atoms with E-state index < -0.39 is 27.3 Å². The minimum absolute atomic E-state index is 0.159. The Bertz CT molecular complexity index is 569. The van der Waals surface area contributed by atoms with Crippen LogP contribution in [0.2, 0.25) is 0 Å². The van der Waals surface area contributed by atoms with Crippen LogP contribution in [-0.2, 0) is 10.0 Å². The molecular formula is C12H16F2N2O2S. The molecule has 4 nitrogen and oxygen atoms in total. The first kappa shape index (κ1) is 14.2. The SMILES string of the molecule is Cc1ccc(F)c(NS(=O)(=O)CC2CCCN2)c1F. The summed E-state index contributed by atoms with van der Waals surface area (Å²) >= 11 is 0. The molecule has 1 aliphatic rings. The van der Waals surface area contributed by atoms with E-state index in [0.717, 1.165) is 25.5 Å². The number of hydrogen-bond donors (Lipinski definition) is 2. The van der Waals surface area contributed by atoms with Crippen LogP contribution in [0.15, 0.2) is 12.1 Å². The van der Waals surface area contributed by atoms with Crippen LogP contribution in [0, 0.1) is 18.6 Å². The predicted octanol–water partition coefficient (Wildman–Crippen LogP) is 1.77. The fourth-order valence-corrected chi connectivity index (χ4v) is 3.51. The van der Waals surface area contributed by atoms with E-state index in [1.54, 1.807) is 0 Å². The molecule has 2 N–H and O–H groups in total. The largest absolute Gasteiger partial charge is 0.313 e. The summed E-state index contributed by atoms with van der Waals surface area (Å²) in [6.07, 6.45) is 1.66. The summed E-state index contributed by atoms with van der Waals surface area (Å²) in [5, 5.41) is 3.03. The molecular weight excluding hydrogens is 274 g/mol. The number of benzene rings is 1. The second-order valence-electron chi connectivity index (χ2n) is 4.73. The van der Waals surface area contributed by atoms with Gasteiger partial charge in [-0.1, -0.05) is 6.07 Å². The van der Waals surface area contributed by atoms with Crippen molar-refractivity contribution in [1.29, 1.82) is 0 Å². The highest BCUT2D eigenvalue weighted by molar-refractivity contribution is 7.92. The summed E-state index contributed by atoms with van der Waals surface area (Å²) in [4.78, 5) is 0. The lowest BCUT2D eigenvalue weighted by Crippen LogP contribution is -2.33. The molecule has 0 bridgehead atoms. The Morgan fingerprint density at radius 3 is 2.79 bits per heavy atom. The molecule has 19 heavy (non-hydrogen) atoms. The summed E-state index contributed by atoms with van der Waals surface area (Å²) in [5.41, 5.74) is -0.406. The van der Waals surface area contributed by atoms with E-state index in [9.17, 15) is 17.2 Å². The van der Waals surface area contributed by atoms with E-state index >= 15 is 0 Å². The van der Waals surface area contributed by atoms with Gasteiger partial charge in [-0.3, -0.25) is 4.72 Å². The van der Waals surface area contributed by atoms with Gasteiger partial charge in [-0.15, -0.1) is 0 Å². The van der Waals surface area contributed by atoms with E-state index in [2.05, 4.69) is 5.32 Å². The van der Waals surface area contributed by atoms with Gasteiger partial charge < -0.3 is 5.32 Å². The highest BCUT2D eigenvalue weighted by atomic mass is 32.2. The molecule has 1 fully saturated rings. The highest BCUT2D eigenvalue weighted by Crippen LogP contribution is 2.23. The van der Waals surface area contributed by atoms with Crippen LogP contribution in [0.3, 0.4) is 0 Å². The van der Waals surface area contributed by atoms with Crippen LogP contribution in [0.25, 0.3) is 0 Å². The number of sulfonamides is 1. The lowest BCUT2D eigenvalue weighted by Gasteiger charge is -2.14. The second-order valence-corrected chi connectivity index (χ2v) is 6.50. The minimum atomic E-state index is -3.77. The Balaban J connectivity index is 2.18. The van der Waals surface area contributed by atoms with Gasteiger partial charge in [-0.05, 0) is 37.9 Å². The molecule has 1 aliphatic heterocycles. The lowest BCUT2D eigenvalue weighted by molar-refractivity contribution is 0.571. The number of halogens is 2. The number of nitrogens with one attached hydrogen (secondary N) is 2. The number of aryl methyl sites for hydroxylation is 1. The number of anilines is 1. The normalized spacial score (nSPS) is 19.6. The highest BCUT2D eigenvalue weighted by Gasteiger charge is 2.24. The second kappa shape index (κ2) is 5.42. The van der Waals surface area contributed by atoms with E-state index in [1.165, 1.54) is 13.0 Å². The quantitative estimate of drug-likeness (QED) is 0.888. The summed E-state index contributed by atoms with van der Waals surface area (Å²) in [6.45, 7) is 2.22. The zero-order valence-corrected chi connectivity index (χ0v) is 11.4. The Kier molecular flexibility index (Phi) is 4.05. The summed E-state index contributed by atoms with van der Waals surface area (Å²) in [5.74, 6) is -1.96. The van der Waals surface area contributed by atoms with Crippen molar-refractivity contribution in [2.45, 2.75) is 25.8 Å². The summed E-state index contributed by atoms with van der Waals surface area (Å²) in [7, 11) is -3.77. The molecule has 0 radical (unpaired) electrons. The van der Waals surface area contributed by atoms with Gasteiger partial charge in [0.25, 0.3) is 0 Å². The first-order valence-electron chi connectivity index (χ1n) is 6.07. The first-order chi connectivity index (χ1) is 8.89. The summed E-state index contributed by atoms with van der Waals surface area (Å²) < 4.78 is 53.0. The molecule has 1 aromatic rings. The van der Waals surface area contributed by atoms with Crippen molar-refractivity contribution in [1.82, 2.24) is 5.32 Å². The fourth-order valence-electron chi connectivity index (χ4n) is 2.11. The number of rotatable bonds is 4. The molecule has 1 heterocycles. The van der Waals surface area contributed by atoms with Crippen LogP contribution < -0.4 is 10.0 Å². The molecule has 0 aliphatic carbocycles. The van der Waals surface area contributed by atoms with Gasteiger partial charge in [0.15, 0.2) is 5.82 Å². The molecule has 1 aromatic carbocycles. The van der Waals surface area contributed by atoms with Gasteiger partial charge >= 0.3 is 0 Å². The lowest BCUT2D eigenvalue weighted by atomic mass is 10.2. The van der Waals surface area contributed by atoms with Gasteiger partial charge in [0.05, 0.1) is 5.75 Å². The zero-order valence-electron chi connectivity index (χ0n) is 10.5. The van der Waals surface area contributed by atoms with Gasteiger partial charge in [-0.25, -0.2) is 17.2 Å². The third-order valence-electron chi connectivity index (χ3n) is 3.12. The molecule has 0 amide bonds. The summed E-state index contributed by atoms with van der Waals surface area (Å²) in [6, 6.07) is 2.15. The average Bonchev–Trinajstić information content (AvgIpc) is 2.82. The Morgan fingerprint density at radius 1 is 1.42 bits per heavy atom. The minimum Gasteiger partial charge on any atom is -0.313 e. The van der Waals surface area contributed by atoms with Gasteiger partial charge in [0.1, 0.15) is 11.5 Å². The van der Waals surface area contributed by atoms with Crippen molar-refractivity contribution in [2.24, 2.45) is 0 Å². The zero-order chi connectivity index (χ0) is 14.0. The van der Waals surface area contributed by atoms with Crippen LogP contribution in [0.4, 0.5) is 14.5 Å². The maximum atomic E-state index is 13.7. The number of hydrogen-bond acceptors (Lipinski definition) is 3. The predicted molar refractivity (Wildman–Crippen MR) is 69.5 cm³/mol. The van der Waals surface area contributed by atoms with Crippen molar-refractivity contribution in [3.63, 3.8) is 0 Å². The third kappa shape index (κ3) is 3.42. The molecule has 2 rings (SSSR count). The van der Waals surface area contributed by atoms with Crippen molar-refractivity contribution in [3.8, 4) is 0 Å². The molecule has 1 saturated heterocycles. The van der Waals surface area contributed by atoms with E-state index in [4.69, 9.17) is 0 Å². The third-order valence-corrected chi connectivity index (χ3v) is 4.48. The fraction of sp³-hybridized carbons (Fsp3) is 0.500. The smallest absolute Gasteiger partial charge is 0.234 e. The maximum absolute atomic E-state index is 13.7. The van der Waals surface area contributed by atoms with Crippen LogP contribution in [0.1, 0.15) is 18.4 Å². The van der Waals surface area contributed by atoms with Crippen molar-refractivity contribution < 1.29 is 17.2 Å². The van der Waals surface area contributed by atoms with Crippen molar-refractivity contribution in [2.75, 3.05) is 17.0 Å². The molecule has 0 aromatic heterocycles. The van der Waals surface area contributed by atoms with Gasteiger partial charge in [0, 0.05) is 6.04 Å². The molecule has 0 spiro atoms.